The molecule has 0 rings (SSSR count). The number of hydrogen-bond acceptors (Lipinski definition) is 3. The second-order valence-corrected chi connectivity index (χ2v) is 6.80. The van der Waals surface area contributed by atoms with Gasteiger partial charge in [0, 0.05) is 25.0 Å². The number of amides is 1. The molecule has 0 aromatic heterocycles. The monoisotopic (exact) mass is 258 g/mol. The number of carbonyl (C=O) groups excluding carboxylic acids is 1. The normalized spacial score (nSPS) is 15.6. The third-order valence-corrected chi connectivity index (χ3v) is 2.52. The first kappa shape index (κ1) is 17.4. The van der Waals surface area contributed by atoms with Crippen LogP contribution in [-0.2, 0) is 4.79 Å². The van der Waals surface area contributed by atoms with E-state index in [-0.39, 0.29) is 11.4 Å². The van der Waals surface area contributed by atoms with Crippen LogP contribution in [0.4, 0.5) is 0 Å². The van der Waals surface area contributed by atoms with Crippen molar-refractivity contribution in [2.75, 3.05) is 13.1 Å². The van der Waals surface area contributed by atoms with Crippen LogP contribution in [0.3, 0.4) is 0 Å². The summed E-state index contributed by atoms with van der Waals surface area (Å²) in [4.78, 5) is 11.6. The van der Waals surface area contributed by atoms with Crippen LogP contribution >= 0.6 is 0 Å². The molecule has 0 heterocycles. The maximum Gasteiger partial charge on any atom is 0.221 e. The maximum absolute atomic E-state index is 11.6. The fourth-order valence-corrected chi connectivity index (χ4v) is 1.88. The molecule has 0 aliphatic rings. The van der Waals surface area contributed by atoms with E-state index >= 15 is 0 Å². The SMILES string of the molecule is CC(C)CC(C)(O)CNC(=O)CCNC(C)(C)C. The van der Waals surface area contributed by atoms with E-state index in [4.69, 9.17) is 0 Å². The van der Waals surface area contributed by atoms with Gasteiger partial charge in [-0.15, -0.1) is 0 Å². The first-order chi connectivity index (χ1) is 8.02. The lowest BCUT2D eigenvalue weighted by molar-refractivity contribution is -0.122. The summed E-state index contributed by atoms with van der Waals surface area (Å²) in [5.74, 6) is 0.398. The Hall–Kier alpha value is -0.610. The Balaban J connectivity index is 3.83. The standard InChI is InChI=1S/C14H30N2O2/c1-11(2)9-14(6,18)10-15-12(17)7-8-16-13(3,4)5/h11,16,18H,7-10H2,1-6H3,(H,15,17). The number of aliphatic hydroxyl groups is 1. The maximum atomic E-state index is 11.6. The second kappa shape index (κ2) is 7.10. The molecule has 0 radical (unpaired) electrons. The van der Waals surface area contributed by atoms with Crippen LogP contribution in [0.2, 0.25) is 0 Å². The van der Waals surface area contributed by atoms with Crippen molar-refractivity contribution in [3.63, 3.8) is 0 Å². The van der Waals surface area contributed by atoms with E-state index in [0.717, 1.165) is 0 Å². The largest absolute Gasteiger partial charge is 0.388 e. The Bertz CT molecular complexity index is 255. The van der Waals surface area contributed by atoms with E-state index in [2.05, 4.69) is 45.3 Å². The van der Waals surface area contributed by atoms with E-state index in [1.54, 1.807) is 6.92 Å². The van der Waals surface area contributed by atoms with Crippen LogP contribution < -0.4 is 10.6 Å². The molecule has 0 bridgehead atoms. The predicted octanol–water partition coefficient (Wildman–Crippen LogP) is 1.68. The quantitative estimate of drug-likeness (QED) is 0.651. The molecule has 0 aliphatic carbocycles. The minimum atomic E-state index is -0.818. The van der Waals surface area contributed by atoms with Crippen molar-refractivity contribution in [1.82, 2.24) is 10.6 Å². The molecule has 0 aromatic rings. The number of carbonyl (C=O) groups is 1. The van der Waals surface area contributed by atoms with Gasteiger partial charge in [-0.3, -0.25) is 4.79 Å². The van der Waals surface area contributed by atoms with Crippen LogP contribution in [0.1, 0.15) is 54.4 Å². The molecular weight excluding hydrogens is 228 g/mol. The van der Waals surface area contributed by atoms with Crippen LogP contribution in [0.5, 0.6) is 0 Å². The third kappa shape index (κ3) is 10.5. The summed E-state index contributed by atoms with van der Waals surface area (Å²) in [7, 11) is 0. The fraction of sp³-hybridized carbons (Fsp3) is 0.929. The molecule has 3 N–H and O–H groups in total. The summed E-state index contributed by atoms with van der Waals surface area (Å²) in [5.41, 5.74) is -0.787. The Morgan fingerprint density at radius 1 is 1.22 bits per heavy atom. The summed E-state index contributed by atoms with van der Waals surface area (Å²) in [5, 5.41) is 16.1. The molecular formula is C14H30N2O2. The van der Waals surface area contributed by atoms with Crippen molar-refractivity contribution in [1.29, 1.82) is 0 Å². The molecule has 1 unspecified atom stereocenters. The first-order valence-electron chi connectivity index (χ1n) is 6.76. The van der Waals surface area contributed by atoms with Gasteiger partial charge < -0.3 is 15.7 Å². The number of nitrogens with one attached hydrogen (secondary N) is 2. The molecule has 0 aromatic carbocycles. The van der Waals surface area contributed by atoms with Crippen LogP contribution in [-0.4, -0.2) is 35.2 Å². The molecule has 4 heteroatoms. The summed E-state index contributed by atoms with van der Waals surface area (Å²) < 4.78 is 0. The molecule has 0 fully saturated rings. The summed E-state index contributed by atoms with van der Waals surface area (Å²) >= 11 is 0. The van der Waals surface area contributed by atoms with Gasteiger partial charge in [-0.25, -0.2) is 0 Å². The van der Waals surface area contributed by atoms with Crippen molar-refractivity contribution in [3.8, 4) is 0 Å². The molecule has 0 saturated carbocycles. The van der Waals surface area contributed by atoms with Gasteiger partial charge in [0.05, 0.1) is 5.60 Å². The van der Waals surface area contributed by atoms with Crippen LogP contribution in [0.15, 0.2) is 0 Å². The minimum absolute atomic E-state index is 0.0178. The van der Waals surface area contributed by atoms with Gasteiger partial charge in [-0.2, -0.15) is 0 Å². The highest BCUT2D eigenvalue weighted by Crippen LogP contribution is 2.14. The van der Waals surface area contributed by atoms with Crippen molar-refractivity contribution in [3.05, 3.63) is 0 Å². The first-order valence-corrected chi connectivity index (χ1v) is 6.76. The molecule has 1 amide bonds. The molecule has 1 atom stereocenters. The Labute approximate surface area is 112 Å². The average molecular weight is 258 g/mol. The summed E-state index contributed by atoms with van der Waals surface area (Å²) in [6.07, 6.45) is 1.13. The van der Waals surface area contributed by atoms with Crippen LogP contribution in [0.25, 0.3) is 0 Å². The zero-order valence-corrected chi connectivity index (χ0v) is 12.8. The van der Waals surface area contributed by atoms with Crippen molar-refractivity contribution < 1.29 is 9.90 Å². The molecule has 0 spiro atoms. The Morgan fingerprint density at radius 2 is 1.78 bits per heavy atom. The lowest BCUT2D eigenvalue weighted by atomic mass is 9.94. The zero-order valence-electron chi connectivity index (χ0n) is 12.8. The van der Waals surface area contributed by atoms with E-state index in [9.17, 15) is 9.90 Å². The fourth-order valence-electron chi connectivity index (χ4n) is 1.88. The molecule has 108 valence electrons. The van der Waals surface area contributed by atoms with E-state index in [1.165, 1.54) is 0 Å². The predicted molar refractivity (Wildman–Crippen MR) is 75.5 cm³/mol. The molecule has 4 nitrogen and oxygen atoms in total. The van der Waals surface area contributed by atoms with Gasteiger partial charge in [-0.05, 0) is 40.0 Å². The van der Waals surface area contributed by atoms with Gasteiger partial charge in [0.1, 0.15) is 0 Å². The van der Waals surface area contributed by atoms with Gasteiger partial charge in [0.15, 0.2) is 0 Å². The van der Waals surface area contributed by atoms with E-state index < -0.39 is 5.60 Å². The summed E-state index contributed by atoms with van der Waals surface area (Å²) in [6.45, 7) is 13.1. The van der Waals surface area contributed by atoms with Gasteiger partial charge >= 0.3 is 0 Å². The van der Waals surface area contributed by atoms with E-state index in [1.807, 2.05) is 0 Å². The van der Waals surface area contributed by atoms with Crippen LogP contribution in [0, 0.1) is 5.92 Å². The Morgan fingerprint density at radius 3 is 2.22 bits per heavy atom. The number of rotatable bonds is 7. The second-order valence-electron chi connectivity index (χ2n) is 6.80. The lowest BCUT2D eigenvalue weighted by Gasteiger charge is -2.26. The van der Waals surface area contributed by atoms with Crippen molar-refractivity contribution in [2.24, 2.45) is 5.92 Å². The Kier molecular flexibility index (Phi) is 6.86. The highest BCUT2D eigenvalue weighted by Gasteiger charge is 2.22. The molecule has 0 aliphatic heterocycles. The lowest BCUT2D eigenvalue weighted by Crippen LogP contribution is -2.43. The topological polar surface area (TPSA) is 61.4 Å². The smallest absolute Gasteiger partial charge is 0.221 e. The summed E-state index contributed by atoms with van der Waals surface area (Å²) in [6, 6.07) is 0. The van der Waals surface area contributed by atoms with Crippen molar-refractivity contribution >= 4 is 5.91 Å². The third-order valence-electron chi connectivity index (χ3n) is 2.52. The molecule has 0 saturated heterocycles. The van der Waals surface area contributed by atoms with Gasteiger partial charge in [-0.1, -0.05) is 13.8 Å². The zero-order chi connectivity index (χ0) is 14.4. The van der Waals surface area contributed by atoms with Crippen molar-refractivity contribution in [2.45, 2.75) is 65.5 Å². The van der Waals surface area contributed by atoms with Gasteiger partial charge in [0.2, 0.25) is 5.91 Å². The highest BCUT2D eigenvalue weighted by atomic mass is 16.3. The molecule has 18 heavy (non-hydrogen) atoms. The highest BCUT2D eigenvalue weighted by molar-refractivity contribution is 5.76. The number of hydrogen-bond donors (Lipinski definition) is 3. The average Bonchev–Trinajstić information content (AvgIpc) is 2.10. The van der Waals surface area contributed by atoms with Gasteiger partial charge in [0.25, 0.3) is 0 Å². The minimum Gasteiger partial charge on any atom is -0.388 e. The van der Waals surface area contributed by atoms with E-state index in [0.29, 0.717) is 31.8 Å².